The Kier molecular flexibility index (Phi) is 5.83. The maximum Gasteiger partial charge on any atom is 0.330 e. The van der Waals surface area contributed by atoms with Crippen LogP contribution < -0.4 is 0 Å². The van der Waals surface area contributed by atoms with Crippen molar-refractivity contribution in [3.63, 3.8) is 0 Å². The van der Waals surface area contributed by atoms with Crippen LogP contribution in [0.1, 0.15) is 45.4 Å². The summed E-state index contributed by atoms with van der Waals surface area (Å²) in [4.78, 5) is 11.0. The average molecular weight is 208 g/mol. The summed E-state index contributed by atoms with van der Waals surface area (Å²) >= 11 is 0. The van der Waals surface area contributed by atoms with E-state index in [1.165, 1.54) is 50.2 Å². The van der Waals surface area contributed by atoms with Crippen molar-refractivity contribution in [1.82, 2.24) is 0 Å². The predicted molar refractivity (Wildman–Crippen MR) is 61.6 cm³/mol. The first-order chi connectivity index (χ1) is 7.33. The first-order valence-corrected chi connectivity index (χ1v) is 5.86. The molecule has 0 aromatic rings. The molecule has 0 N–H and O–H groups in total. The summed E-state index contributed by atoms with van der Waals surface area (Å²) in [5.74, 6) is -0.247. The zero-order chi connectivity index (χ0) is 10.9. The number of allylic oxidation sites excluding steroid dienone is 3. The van der Waals surface area contributed by atoms with Gasteiger partial charge in [0.1, 0.15) is 0 Å². The predicted octanol–water partition coefficient (Wildman–Crippen LogP) is 3.39. The summed E-state index contributed by atoms with van der Waals surface area (Å²) in [6.07, 6.45) is 13.0. The van der Waals surface area contributed by atoms with Crippen LogP contribution in [0.3, 0.4) is 0 Å². The second kappa shape index (κ2) is 7.27. The third kappa shape index (κ3) is 5.40. The Hall–Kier alpha value is -1.05. The van der Waals surface area contributed by atoms with Gasteiger partial charge in [0.25, 0.3) is 0 Å². The molecule has 0 aliphatic heterocycles. The molecule has 0 saturated heterocycles. The Morgan fingerprint density at radius 1 is 1.27 bits per heavy atom. The fraction of sp³-hybridized carbons (Fsp3) is 0.615. The number of ether oxygens (including phenoxy) is 1. The second-order valence-corrected chi connectivity index (χ2v) is 3.85. The van der Waals surface area contributed by atoms with Crippen molar-refractivity contribution in [2.75, 3.05) is 6.61 Å². The molecular weight excluding hydrogens is 188 g/mol. The van der Waals surface area contributed by atoms with Gasteiger partial charge in [0.15, 0.2) is 0 Å². The maximum absolute atomic E-state index is 11.0. The first-order valence-electron chi connectivity index (χ1n) is 5.86. The Labute approximate surface area is 92.0 Å². The molecule has 0 atom stereocenters. The van der Waals surface area contributed by atoms with E-state index in [1.54, 1.807) is 0 Å². The number of rotatable bonds is 3. The van der Waals surface area contributed by atoms with Gasteiger partial charge in [0.2, 0.25) is 0 Å². The summed E-state index contributed by atoms with van der Waals surface area (Å²) in [5.41, 5.74) is 1.47. The fourth-order valence-corrected chi connectivity index (χ4v) is 1.80. The molecule has 1 aliphatic carbocycles. The highest BCUT2D eigenvalue weighted by atomic mass is 16.5. The van der Waals surface area contributed by atoms with Gasteiger partial charge >= 0.3 is 5.97 Å². The van der Waals surface area contributed by atoms with Crippen LogP contribution in [0.4, 0.5) is 0 Å². The minimum absolute atomic E-state index is 0.247. The molecule has 2 nitrogen and oxygen atoms in total. The number of hydrogen-bond donors (Lipinski definition) is 0. The van der Waals surface area contributed by atoms with Gasteiger partial charge in [0, 0.05) is 6.08 Å². The van der Waals surface area contributed by atoms with Gasteiger partial charge in [-0.3, -0.25) is 0 Å². The van der Waals surface area contributed by atoms with Crippen molar-refractivity contribution < 1.29 is 9.53 Å². The Balaban J connectivity index is 2.37. The highest BCUT2D eigenvalue weighted by Gasteiger charge is 2.02. The maximum atomic E-state index is 11.0. The highest BCUT2D eigenvalue weighted by molar-refractivity contribution is 5.82. The van der Waals surface area contributed by atoms with E-state index in [9.17, 15) is 4.79 Å². The van der Waals surface area contributed by atoms with Crippen LogP contribution in [0.2, 0.25) is 0 Å². The molecule has 0 aromatic carbocycles. The van der Waals surface area contributed by atoms with Gasteiger partial charge in [-0.05, 0) is 32.6 Å². The quantitative estimate of drug-likeness (QED) is 0.404. The fourth-order valence-electron chi connectivity index (χ4n) is 1.80. The van der Waals surface area contributed by atoms with Gasteiger partial charge in [-0.15, -0.1) is 0 Å². The van der Waals surface area contributed by atoms with E-state index >= 15 is 0 Å². The largest absolute Gasteiger partial charge is 0.463 e. The molecule has 0 radical (unpaired) electrons. The molecule has 1 aliphatic rings. The Morgan fingerprint density at radius 3 is 2.53 bits per heavy atom. The van der Waals surface area contributed by atoms with Crippen LogP contribution in [0, 0.1) is 0 Å². The minimum Gasteiger partial charge on any atom is -0.463 e. The molecule has 0 bridgehead atoms. The summed E-state index contributed by atoms with van der Waals surface area (Å²) in [6.45, 7) is 2.26. The van der Waals surface area contributed by atoms with Crippen LogP contribution in [0.15, 0.2) is 23.8 Å². The summed E-state index contributed by atoms with van der Waals surface area (Å²) < 4.78 is 4.80. The van der Waals surface area contributed by atoms with Gasteiger partial charge in [-0.2, -0.15) is 0 Å². The number of hydrogen-bond acceptors (Lipinski definition) is 2. The van der Waals surface area contributed by atoms with E-state index in [2.05, 4.69) is 6.08 Å². The lowest BCUT2D eigenvalue weighted by atomic mass is 10.1. The lowest BCUT2D eigenvalue weighted by Gasteiger charge is -1.99. The molecule has 0 unspecified atom stereocenters. The standard InChI is InChI=1S/C13H20O2/c1-2-15-13(14)11-7-10-12-8-5-3-4-6-9-12/h7,10-11H,2-6,8-9H2,1H3. The van der Waals surface area contributed by atoms with E-state index < -0.39 is 0 Å². The summed E-state index contributed by atoms with van der Waals surface area (Å²) in [7, 11) is 0. The first kappa shape index (κ1) is 12.0. The number of carbonyl (C=O) groups excluding carboxylic acids is 1. The van der Waals surface area contributed by atoms with E-state index in [0.717, 1.165) is 0 Å². The Bertz CT molecular complexity index is 241. The SMILES string of the molecule is CCOC(=O)C=CC=C1CCCCCC1. The lowest BCUT2D eigenvalue weighted by molar-refractivity contribution is -0.137. The van der Waals surface area contributed by atoms with E-state index in [0.29, 0.717) is 6.61 Å². The molecule has 84 valence electrons. The third-order valence-electron chi connectivity index (χ3n) is 2.60. The minimum atomic E-state index is -0.247. The van der Waals surface area contributed by atoms with Crippen molar-refractivity contribution >= 4 is 5.97 Å². The van der Waals surface area contributed by atoms with E-state index in [-0.39, 0.29) is 5.97 Å². The van der Waals surface area contributed by atoms with Crippen molar-refractivity contribution in [3.05, 3.63) is 23.8 Å². The Morgan fingerprint density at radius 2 is 1.93 bits per heavy atom. The summed E-state index contributed by atoms with van der Waals surface area (Å²) in [5, 5.41) is 0. The van der Waals surface area contributed by atoms with Gasteiger partial charge in [0.05, 0.1) is 6.61 Å². The number of carbonyl (C=O) groups is 1. The van der Waals surface area contributed by atoms with Crippen LogP contribution in [0.25, 0.3) is 0 Å². The van der Waals surface area contributed by atoms with Gasteiger partial charge < -0.3 is 4.74 Å². The van der Waals surface area contributed by atoms with Crippen LogP contribution in [-0.4, -0.2) is 12.6 Å². The molecule has 15 heavy (non-hydrogen) atoms. The van der Waals surface area contributed by atoms with E-state index in [1.807, 2.05) is 13.0 Å². The molecule has 0 aromatic heterocycles. The highest BCUT2D eigenvalue weighted by Crippen LogP contribution is 2.21. The average Bonchev–Trinajstić information content (AvgIpc) is 2.47. The van der Waals surface area contributed by atoms with Crippen molar-refractivity contribution in [3.8, 4) is 0 Å². The topological polar surface area (TPSA) is 26.3 Å². The van der Waals surface area contributed by atoms with Crippen LogP contribution >= 0.6 is 0 Å². The number of esters is 1. The summed E-state index contributed by atoms with van der Waals surface area (Å²) in [6, 6.07) is 0. The second-order valence-electron chi connectivity index (χ2n) is 3.85. The molecule has 1 rings (SSSR count). The van der Waals surface area contributed by atoms with Gasteiger partial charge in [-0.1, -0.05) is 30.6 Å². The smallest absolute Gasteiger partial charge is 0.330 e. The van der Waals surface area contributed by atoms with E-state index in [4.69, 9.17) is 4.74 Å². The van der Waals surface area contributed by atoms with Crippen LogP contribution in [-0.2, 0) is 9.53 Å². The molecule has 0 spiro atoms. The van der Waals surface area contributed by atoms with Crippen molar-refractivity contribution in [1.29, 1.82) is 0 Å². The monoisotopic (exact) mass is 208 g/mol. The molecular formula is C13H20O2. The van der Waals surface area contributed by atoms with Gasteiger partial charge in [-0.25, -0.2) is 4.79 Å². The molecule has 0 amide bonds. The van der Waals surface area contributed by atoms with Crippen molar-refractivity contribution in [2.45, 2.75) is 45.4 Å². The molecule has 1 fully saturated rings. The zero-order valence-corrected chi connectivity index (χ0v) is 9.50. The molecule has 0 heterocycles. The van der Waals surface area contributed by atoms with Crippen molar-refractivity contribution in [2.24, 2.45) is 0 Å². The third-order valence-corrected chi connectivity index (χ3v) is 2.60. The normalized spacial score (nSPS) is 17.5. The van der Waals surface area contributed by atoms with Crippen LogP contribution in [0.5, 0.6) is 0 Å². The lowest BCUT2D eigenvalue weighted by Crippen LogP contribution is -1.98. The zero-order valence-electron chi connectivity index (χ0n) is 9.50. The molecule has 2 heteroatoms. The molecule has 1 saturated carbocycles.